The van der Waals surface area contributed by atoms with E-state index in [1.165, 1.54) is 18.2 Å². The topological polar surface area (TPSA) is 88.9 Å². The molecule has 0 bridgehead atoms. The highest BCUT2D eigenvalue weighted by molar-refractivity contribution is 7.99. The first-order valence-corrected chi connectivity index (χ1v) is 10.2. The van der Waals surface area contributed by atoms with Crippen LogP contribution in [0.2, 0.25) is 0 Å². The van der Waals surface area contributed by atoms with E-state index in [1.54, 1.807) is 35.2 Å². The summed E-state index contributed by atoms with van der Waals surface area (Å²) in [4.78, 5) is 24.7. The lowest BCUT2D eigenvalue weighted by atomic mass is 9.86. The Labute approximate surface area is 163 Å². The zero-order valence-electron chi connectivity index (χ0n) is 15.6. The molecule has 0 radical (unpaired) electrons. The van der Waals surface area contributed by atoms with Gasteiger partial charge in [0.25, 0.3) is 5.91 Å². The Balaban J connectivity index is 1.55. The first kappa shape index (κ1) is 19.4. The number of rotatable bonds is 6. The van der Waals surface area contributed by atoms with Crippen LogP contribution in [0.15, 0.2) is 35.7 Å². The van der Waals surface area contributed by atoms with E-state index in [9.17, 15) is 9.59 Å². The molecule has 8 heteroatoms. The Bertz CT molecular complexity index is 807. The molecule has 144 valence electrons. The van der Waals surface area contributed by atoms with E-state index in [2.05, 4.69) is 27.8 Å². The zero-order chi connectivity index (χ0) is 19.2. The highest BCUT2D eigenvalue weighted by Gasteiger charge is 2.23. The molecule has 1 heterocycles. The number of amides is 2. The zero-order valence-corrected chi connectivity index (χ0v) is 16.5. The molecule has 2 amide bonds. The van der Waals surface area contributed by atoms with Crippen molar-refractivity contribution in [1.29, 1.82) is 0 Å². The average molecular weight is 388 g/mol. The number of hydrogen-bond acceptors (Lipinski definition) is 5. The Kier molecular flexibility index (Phi) is 6.49. The van der Waals surface area contributed by atoms with Crippen molar-refractivity contribution >= 4 is 29.3 Å². The predicted molar refractivity (Wildman–Crippen MR) is 106 cm³/mol. The van der Waals surface area contributed by atoms with Crippen LogP contribution in [-0.4, -0.2) is 38.4 Å². The van der Waals surface area contributed by atoms with Gasteiger partial charge in [0.15, 0.2) is 5.16 Å². The van der Waals surface area contributed by atoms with Crippen LogP contribution in [0, 0.1) is 5.92 Å². The van der Waals surface area contributed by atoms with Gasteiger partial charge in [0.05, 0.1) is 5.75 Å². The van der Waals surface area contributed by atoms with Crippen molar-refractivity contribution in [3.05, 3.63) is 36.2 Å². The Morgan fingerprint density at radius 1 is 1.30 bits per heavy atom. The third-order valence-electron chi connectivity index (χ3n) is 4.84. The number of aromatic nitrogens is 3. The molecule has 2 aromatic rings. The molecule has 1 fully saturated rings. The van der Waals surface area contributed by atoms with E-state index in [1.807, 2.05) is 7.05 Å². The third kappa shape index (κ3) is 5.32. The second-order valence-corrected chi connectivity index (χ2v) is 7.93. The second-order valence-electron chi connectivity index (χ2n) is 6.98. The van der Waals surface area contributed by atoms with Crippen LogP contribution in [0.4, 0.5) is 5.69 Å². The molecule has 1 saturated carbocycles. The molecule has 7 nitrogen and oxygen atoms in total. The lowest BCUT2D eigenvalue weighted by Gasteiger charge is -2.29. The molecule has 27 heavy (non-hydrogen) atoms. The van der Waals surface area contributed by atoms with E-state index >= 15 is 0 Å². The molecular weight excluding hydrogens is 362 g/mol. The largest absolute Gasteiger partial charge is 0.349 e. The van der Waals surface area contributed by atoms with Gasteiger partial charge in [0.2, 0.25) is 5.91 Å². The highest BCUT2D eigenvalue weighted by atomic mass is 32.2. The summed E-state index contributed by atoms with van der Waals surface area (Å²) in [5, 5.41) is 14.4. The van der Waals surface area contributed by atoms with Crippen LogP contribution < -0.4 is 10.6 Å². The first-order chi connectivity index (χ1) is 13.0. The summed E-state index contributed by atoms with van der Waals surface area (Å²) in [6.07, 6.45) is 6.18. The second kappa shape index (κ2) is 9.03. The summed E-state index contributed by atoms with van der Waals surface area (Å²) < 4.78 is 1.76. The quantitative estimate of drug-likeness (QED) is 0.744. The summed E-state index contributed by atoms with van der Waals surface area (Å²) in [7, 11) is 1.83. The summed E-state index contributed by atoms with van der Waals surface area (Å²) in [5.41, 5.74) is 1.18. The number of nitrogens with zero attached hydrogens (tertiary/aromatic N) is 3. The number of carbonyl (C=O) groups is 2. The van der Waals surface area contributed by atoms with Gasteiger partial charge in [-0.15, -0.1) is 10.2 Å². The lowest BCUT2D eigenvalue weighted by Crippen LogP contribution is -2.41. The fourth-order valence-corrected chi connectivity index (χ4v) is 3.94. The predicted octanol–water partition coefficient (Wildman–Crippen LogP) is 2.85. The van der Waals surface area contributed by atoms with E-state index in [0.29, 0.717) is 22.3 Å². The van der Waals surface area contributed by atoms with Crippen molar-refractivity contribution in [1.82, 2.24) is 20.1 Å². The van der Waals surface area contributed by atoms with E-state index < -0.39 is 0 Å². The molecule has 2 atom stereocenters. The lowest BCUT2D eigenvalue weighted by molar-refractivity contribution is -0.113. The number of benzene rings is 1. The van der Waals surface area contributed by atoms with Gasteiger partial charge in [-0.1, -0.05) is 37.6 Å². The molecule has 2 unspecified atom stereocenters. The van der Waals surface area contributed by atoms with E-state index in [0.717, 1.165) is 19.3 Å². The molecule has 1 aliphatic rings. The standard InChI is InChI=1S/C19H25N5O2S/c1-13-6-3-4-9-16(13)22-18(26)14-7-5-8-15(10-14)21-17(25)11-27-19-23-20-12-24(19)2/h5,7-8,10,12-13,16H,3-4,6,9,11H2,1-2H3,(H,21,25)(H,22,26). The first-order valence-electron chi connectivity index (χ1n) is 9.20. The van der Waals surface area contributed by atoms with Crippen molar-refractivity contribution < 1.29 is 9.59 Å². The molecule has 1 aliphatic carbocycles. The molecule has 1 aromatic carbocycles. The summed E-state index contributed by atoms with van der Waals surface area (Å²) in [6.45, 7) is 2.19. The monoisotopic (exact) mass is 387 g/mol. The van der Waals surface area contributed by atoms with Gasteiger partial charge in [0.1, 0.15) is 6.33 Å². The minimum atomic E-state index is -0.151. The molecule has 2 N–H and O–H groups in total. The number of carbonyl (C=O) groups excluding carboxylic acids is 2. The number of thioether (sulfide) groups is 1. The van der Waals surface area contributed by atoms with Crippen molar-refractivity contribution in [3.63, 3.8) is 0 Å². The molecule has 3 rings (SSSR count). The van der Waals surface area contributed by atoms with Gasteiger partial charge in [0, 0.05) is 24.3 Å². The fourth-order valence-electron chi connectivity index (χ4n) is 3.25. The molecule has 1 aromatic heterocycles. The summed E-state index contributed by atoms with van der Waals surface area (Å²) >= 11 is 1.31. The Hall–Kier alpha value is -2.35. The third-order valence-corrected chi connectivity index (χ3v) is 5.87. The van der Waals surface area contributed by atoms with Gasteiger partial charge in [-0.2, -0.15) is 0 Å². The highest BCUT2D eigenvalue weighted by Crippen LogP contribution is 2.24. The van der Waals surface area contributed by atoms with E-state index in [4.69, 9.17) is 0 Å². The average Bonchev–Trinajstić information content (AvgIpc) is 3.07. The Morgan fingerprint density at radius 2 is 2.11 bits per heavy atom. The maximum absolute atomic E-state index is 12.6. The molecule has 0 saturated heterocycles. The van der Waals surface area contributed by atoms with Crippen molar-refractivity contribution in [3.8, 4) is 0 Å². The summed E-state index contributed by atoms with van der Waals surface area (Å²) in [5.74, 6) is 0.491. The maximum atomic E-state index is 12.6. The van der Waals surface area contributed by atoms with Crippen LogP contribution in [0.3, 0.4) is 0 Å². The minimum Gasteiger partial charge on any atom is -0.349 e. The van der Waals surface area contributed by atoms with Gasteiger partial charge in [-0.05, 0) is 37.0 Å². The maximum Gasteiger partial charge on any atom is 0.251 e. The van der Waals surface area contributed by atoms with Crippen molar-refractivity contribution in [2.75, 3.05) is 11.1 Å². The minimum absolute atomic E-state index is 0.0849. The Morgan fingerprint density at radius 3 is 2.85 bits per heavy atom. The van der Waals surface area contributed by atoms with Gasteiger partial charge in [-0.25, -0.2) is 0 Å². The smallest absolute Gasteiger partial charge is 0.251 e. The summed E-state index contributed by atoms with van der Waals surface area (Å²) in [6, 6.07) is 7.28. The van der Waals surface area contributed by atoms with Crippen LogP contribution >= 0.6 is 11.8 Å². The SMILES string of the molecule is CC1CCCCC1NC(=O)c1cccc(NC(=O)CSc2nncn2C)c1. The van der Waals surface area contributed by atoms with Crippen LogP contribution in [-0.2, 0) is 11.8 Å². The molecule has 0 aliphatic heterocycles. The molecule has 0 spiro atoms. The molecular formula is C19H25N5O2S. The number of hydrogen-bond donors (Lipinski definition) is 2. The van der Waals surface area contributed by atoms with Crippen LogP contribution in [0.5, 0.6) is 0 Å². The normalized spacial score (nSPS) is 19.5. The van der Waals surface area contributed by atoms with Crippen molar-refractivity contribution in [2.45, 2.75) is 43.8 Å². The number of aryl methyl sites for hydroxylation is 1. The van der Waals surface area contributed by atoms with E-state index in [-0.39, 0.29) is 23.6 Å². The van der Waals surface area contributed by atoms with Crippen LogP contribution in [0.25, 0.3) is 0 Å². The van der Waals surface area contributed by atoms with Gasteiger partial charge >= 0.3 is 0 Å². The van der Waals surface area contributed by atoms with Crippen LogP contribution in [0.1, 0.15) is 43.0 Å². The van der Waals surface area contributed by atoms with Gasteiger partial charge in [-0.3, -0.25) is 9.59 Å². The fraction of sp³-hybridized carbons (Fsp3) is 0.474. The van der Waals surface area contributed by atoms with Gasteiger partial charge < -0.3 is 15.2 Å². The number of nitrogens with one attached hydrogen (secondary N) is 2. The van der Waals surface area contributed by atoms with Crippen molar-refractivity contribution in [2.24, 2.45) is 13.0 Å². The number of anilines is 1.